The Kier molecular flexibility index (Phi) is 5.52. The predicted molar refractivity (Wildman–Crippen MR) is 134 cm³/mol. The molecule has 2 heterocycles. The third-order valence-corrected chi connectivity index (χ3v) is 6.78. The molecule has 0 saturated carbocycles. The molecule has 5 nitrogen and oxygen atoms in total. The van der Waals surface area contributed by atoms with E-state index in [-0.39, 0.29) is 5.91 Å². The Hall–Kier alpha value is -3.77. The van der Waals surface area contributed by atoms with Crippen LogP contribution in [0.15, 0.2) is 78.9 Å². The molecule has 0 fully saturated rings. The molecule has 5 rings (SSSR count). The lowest BCUT2D eigenvalue weighted by Gasteiger charge is -2.18. The highest BCUT2D eigenvalue weighted by molar-refractivity contribution is 7.20. The van der Waals surface area contributed by atoms with Crippen molar-refractivity contribution < 1.29 is 4.79 Å². The molecule has 0 bridgehead atoms. The fraction of sp³-hybridized carbons (Fsp3) is 0.148. The zero-order valence-corrected chi connectivity index (χ0v) is 19.6. The van der Waals surface area contributed by atoms with E-state index in [2.05, 4.69) is 36.4 Å². The molecule has 0 aliphatic carbocycles. The molecule has 1 amide bonds. The number of anilines is 1. The topological polar surface area (TPSA) is 59.8 Å². The van der Waals surface area contributed by atoms with E-state index in [1.807, 2.05) is 73.7 Å². The number of hydrogen-bond acceptors (Lipinski definition) is 4. The maximum absolute atomic E-state index is 13.6. The second-order valence-electron chi connectivity index (χ2n) is 8.23. The number of rotatable bonds is 5. The molecule has 0 radical (unpaired) electrons. The van der Waals surface area contributed by atoms with Gasteiger partial charge in [0.2, 0.25) is 11.0 Å². The highest BCUT2D eigenvalue weighted by Crippen LogP contribution is 2.31. The summed E-state index contributed by atoms with van der Waals surface area (Å²) >= 11 is 1.57. The predicted octanol–water partition coefficient (Wildman–Crippen LogP) is 6.18. The lowest BCUT2D eigenvalue weighted by molar-refractivity contribution is -0.116. The summed E-state index contributed by atoms with van der Waals surface area (Å²) in [5.74, 6) is 0.0694. The summed E-state index contributed by atoms with van der Waals surface area (Å²) in [4.78, 5) is 18.4. The van der Waals surface area contributed by atoms with Gasteiger partial charge in [-0.25, -0.2) is 4.98 Å². The van der Waals surface area contributed by atoms with Gasteiger partial charge in [-0.2, -0.15) is 9.78 Å². The van der Waals surface area contributed by atoms with Gasteiger partial charge in [-0.05, 0) is 55.2 Å². The lowest BCUT2D eigenvalue weighted by Crippen LogP contribution is -2.23. The van der Waals surface area contributed by atoms with Gasteiger partial charge in [0, 0.05) is 6.07 Å². The van der Waals surface area contributed by atoms with Crippen LogP contribution < -0.4 is 5.32 Å². The number of nitrogens with one attached hydrogen (secondary N) is 1. The molecule has 0 aliphatic heterocycles. The minimum Gasteiger partial charge on any atom is -0.310 e. The zero-order chi connectivity index (χ0) is 22.9. The standard InChI is InChI=1S/C27H24N4OS/c1-17-14-22-23(15-18(17)2)33-27(28-22)31-24(16-19(3)30-31)29-26(32)25(20-10-6-4-7-11-20)21-12-8-5-9-13-21/h4-16,25H,1-3H3,(H,29,32). The normalized spacial score (nSPS) is 11.3. The van der Waals surface area contributed by atoms with Crippen molar-refractivity contribution in [1.29, 1.82) is 0 Å². The Morgan fingerprint density at radius 3 is 2.12 bits per heavy atom. The Balaban J connectivity index is 1.52. The summed E-state index contributed by atoms with van der Waals surface area (Å²) in [7, 11) is 0. The Morgan fingerprint density at radius 2 is 1.48 bits per heavy atom. The molecule has 0 aliphatic rings. The molecule has 0 unspecified atom stereocenters. The van der Waals surface area contributed by atoms with Crippen LogP contribution >= 0.6 is 11.3 Å². The number of aryl methyl sites for hydroxylation is 3. The van der Waals surface area contributed by atoms with Gasteiger partial charge in [0.25, 0.3) is 0 Å². The van der Waals surface area contributed by atoms with Crippen molar-refractivity contribution in [3.8, 4) is 5.13 Å². The zero-order valence-electron chi connectivity index (χ0n) is 18.7. The minimum absolute atomic E-state index is 0.110. The van der Waals surface area contributed by atoms with Crippen LogP contribution in [0.3, 0.4) is 0 Å². The summed E-state index contributed by atoms with van der Waals surface area (Å²) in [5.41, 5.74) is 6.07. The van der Waals surface area contributed by atoms with E-state index in [0.717, 1.165) is 32.2 Å². The number of thiazole rings is 1. The maximum Gasteiger partial charge on any atom is 0.237 e. The number of fused-ring (bicyclic) bond motifs is 1. The quantitative estimate of drug-likeness (QED) is 0.346. The molecule has 164 valence electrons. The molecule has 6 heteroatoms. The van der Waals surface area contributed by atoms with Crippen molar-refractivity contribution in [1.82, 2.24) is 14.8 Å². The van der Waals surface area contributed by atoms with Crippen molar-refractivity contribution >= 4 is 33.3 Å². The van der Waals surface area contributed by atoms with Crippen molar-refractivity contribution in [2.75, 3.05) is 5.32 Å². The molecule has 33 heavy (non-hydrogen) atoms. The molecular weight excluding hydrogens is 428 g/mol. The van der Waals surface area contributed by atoms with Gasteiger partial charge in [-0.1, -0.05) is 72.0 Å². The van der Waals surface area contributed by atoms with E-state index in [4.69, 9.17) is 4.98 Å². The van der Waals surface area contributed by atoms with Gasteiger partial charge >= 0.3 is 0 Å². The Morgan fingerprint density at radius 1 is 0.879 bits per heavy atom. The first-order valence-corrected chi connectivity index (χ1v) is 11.7. The molecule has 1 N–H and O–H groups in total. The van der Waals surface area contributed by atoms with Crippen LogP contribution in [0.25, 0.3) is 15.3 Å². The van der Waals surface area contributed by atoms with Crippen LogP contribution in [-0.4, -0.2) is 20.7 Å². The molecule has 2 aromatic heterocycles. The van der Waals surface area contributed by atoms with Crippen LogP contribution in [0.1, 0.15) is 33.9 Å². The molecule has 0 atom stereocenters. The minimum atomic E-state index is -0.434. The lowest BCUT2D eigenvalue weighted by atomic mass is 9.90. The van der Waals surface area contributed by atoms with Crippen molar-refractivity contribution in [2.24, 2.45) is 0 Å². The average Bonchev–Trinajstić information content (AvgIpc) is 3.38. The number of benzene rings is 3. The first kappa shape index (κ1) is 21.1. The molecule has 0 spiro atoms. The summed E-state index contributed by atoms with van der Waals surface area (Å²) in [6.45, 7) is 6.11. The Bertz CT molecular complexity index is 1360. The Labute approximate surface area is 196 Å². The van der Waals surface area contributed by atoms with Crippen LogP contribution in [0.4, 0.5) is 5.82 Å². The number of hydrogen-bond donors (Lipinski definition) is 1. The van der Waals surface area contributed by atoms with E-state index in [0.29, 0.717) is 5.82 Å². The van der Waals surface area contributed by atoms with E-state index in [1.54, 1.807) is 16.0 Å². The van der Waals surface area contributed by atoms with E-state index >= 15 is 0 Å². The highest BCUT2D eigenvalue weighted by Gasteiger charge is 2.24. The molecule has 5 aromatic rings. The van der Waals surface area contributed by atoms with E-state index < -0.39 is 5.92 Å². The molecule has 3 aromatic carbocycles. The van der Waals surface area contributed by atoms with Gasteiger partial charge in [-0.15, -0.1) is 0 Å². The summed E-state index contributed by atoms with van der Waals surface area (Å²) in [5, 5.41) is 8.48. The second-order valence-corrected chi connectivity index (χ2v) is 9.24. The van der Waals surface area contributed by atoms with Gasteiger partial charge in [-0.3, -0.25) is 4.79 Å². The average molecular weight is 453 g/mol. The van der Waals surface area contributed by atoms with Crippen LogP contribution in [0.2, 0.25) is 0 Å². The number of carbonyl (C=O) groups is 1. The van der Waals surface area contributed by atoms with E-state index in [9.17, 15) is 4.79 Å². The number of aromatic nitrogens is 3. The fourth-order valence-corrected chi connectivity index (χ4v) is 4.99. The summed E-state index contributed by atoms with van der Waals surface area (Å²) < 4.78 is 2.83. The maximum atomic E-state index is 13.6. The SMILES string of the molecule is Cc1cc(NC(=O)C(c2ccccc2)c2ccccc2)n(-c2nc3cc(C)c(C)cc3s2)n1. The van der Waals surface area contributed by atoms with Gasteiger partial charge < -0.3 is 5.32 Å². The third-order valence-electron chi connectivity index (χ3n) is 5.78. The number of amides is 1. The largest absolute Gasteiger partial charge is 0.310 e. The monoisotopic (exact) mass is 452 g/mol. The smallest absolute Gasteiger partial charge is 0.237 e. The van der Waals surface area contributed by atoms with Gasteiger partial charge in [0.15, 0.2) is 0 Å². The van der Waals surface area contributed by atoms with Gasteiger partial charge in [0.1, 0.15) is 5.82 Å². The third kappa shape index (κ3) is 4.17. The van der Waals surface area contributed by atoms with E-state index in [1.165, 1.54) is 11.1 Å². The number of nitrogens with zero attached hydrogens (tertiary/aromatic N) is 3. The summed E-state index contributed by atoms with van der Waals surface area (Å²) in [6, 6.07) is 25.8. The highest BCUT2D eigenvalue weighted by atomic mass is 32.1. The van der Waals surface area contributed by atoms with Gasteiger partial charge in [0.05, 0.1) is 21.8 Å². The first-order chi connectivity index (χ1) is 16.0. The van der Waals surface area contributed by atoms with Crippen LogP contribution in [0, 0.1) is 20.8 Å². The summed E-state index contributed by atoms with van der Waals surface area (Å²) in [6.07, 6.45) is 0. The molecular formula is C27H24N4OS. The number of carbonyl (C=O) groups excluding carboxylic acids is 1. The van der Waals surface area contributed by atoms with Crippen molar-refractivity contribution in [3.63, 3.8) is 0 Å². The van der Waals surface area contributed by atoms with Crippen LogP contribution in [-0.2, 0) is 4.79 Å². The molecule has 0 saturated heterocycles. The van der Waals surface area contributed by atoms with Crippen molar-refractivity contribution in [2.45, 2.75) is 26.7 Å². The fourth-order valence-electron chi connectivity index (χ4n) is 3.98. The first-order valence-electron chi connectivity index (χ1n) is 10.8. The van der Waals surface area contributed by atoms with Crippen LogP contribution in [0.5, 0.6) is 0 Å². The van der Waals surface area contributed by atoms with Crippen molar-refractivity contribution in [3.05, 3.63) is 107 Å². The second kappa shape index (κ2) is 8.64.